The van der Waals surface area contributed by atoms with E-state index in [0.29, 0.717) is 10.5 Å². The quantitative estimate of drug-likeness (QED) is 0.294. The van der Waals surface area contributed by atoms with Crippen molar-refractivity contribution in [2.45, 2.75) is 16.7 Å². The van der Waals surface area contributed by atoms with Crippen LogP contribution in [0.2, 0.25) is 0 Å². The molecule has 0 saturated heterocycles. The number of nitrogens with zero attached hydrogens (tertiary/aromatic N) is 2. The van der Waals surface area contributed by atoms with Crippen molar-refractivity contribution in [2.24, 2.45) is 10.9 Å². The summed E-state index contributed by atoms with van der Waals surface area (Å²) in [6.45, 7) is 1.80. The van der Waals surface area contributed by atoms with E-state index in [1.807, 2.05) is 0 Å². The fourth-order valence-electron chi connectivity index (χ4n) is 1.57. The molecule has 2 aromatic rings. The molecule has 7 nitrogen and oxygen atoms in total. The lowest BCUT2D eigenvalue weighted by atomic mass is 10.2. The third-order valence-corrected chi connectivity index (χ3v) is 3.81. The average Bonchev–Trinajstić information content (AvgIpc) is 2.83. The van der Waals surface area contributed by atoms with Crippen molar-refractivity contribution in [1.29, 1.82) is 0 Å². The number of oxime groups is 1. The van der Waals surface area contributed by atoms with Gasteiger partial charge in [-0.2, -0.15) is 0 Å². The van der Waals surface area contributed by atoms with Gasteiger partial charge in [-0.25, -0.2) is 0 Å². The van der Waals surface area contributed by atoms with Crippen LogP contribution in [0.3, 0.4) is 0 Å². The van der Waals surface area contributed by atoms with Crippen LogP contribution in [-0.4, -0.2) is 16.0 Å². The average molecular weight is 293 g/mol. The fourth-order valence-corrected chi connectivity index (χ4v) is 2.53. The van der Waals surface area contributed by atoms with E-state index in [1.54, 1.807) is 25.3 Å². The third-order valence-electron chi connectivity index (χ3n) is 2.59. The molecule has 0 radical (unpaired) electrons. The van der Waals surface area contributed by atoms with Crippen LogP contribution in [0.15, 0.2) is 49.9 Å². The molecule has 0 atom stereocenters. The van der Waals surface area contributed by atoms with Gasteiger partial charge in [0.25, 0.3) is 5.69 Å². The number of nitro groups is 1. The number of hydrogen-bond donors (Lipinski definition) is 2. The summed E-state index contributed by atoms with van der Waals surface area (Å²) in [6.07, 6.45) is 1.55. The highest BCUT2D eigenvalue weighted by Gasteiger charge is 2.16. The van der Waals surface area contributed by atoms with E-state index in [0.717, 1.165) is 10.7 Å². The molecule has 1 aromatic heterocycles. The van der Waals surface area contributed by atoms with Gasteiger partial charge in [0, 0.05) is 22.6 Å². The van der Waals surface area contributed by atoms with Crippen LogP contribution in [0.4, 0.5) is 5.69 Å². The van der Waals surface area contributed by atoms with E-state index in [4.69, 9.17) is 15.4 Å². The van der Waals surface area contributed by atoms with Crippen LogP contribution in [0, 0.1) is 17.0 Å². The summed E-state index contributed by atoms with van der Waals surface area (Å²) >= 11 is 1.32. The van der Waals surface area contributed by atoms with Crippen molar-refractivity contribution in [3.63, 3.8) is 0 Å². The van der Waals surface area contributed by atoms with Gasteiger partial charge in [-0.3, -0.25) is 10.1 Å². The first-order valence-electron chi connectivity index (χ1n) is 5.51. The van der Waals surface area contributed by atoms with Crippen molar-refractivity contribution in [1.82, 2.24) is 0 Å². The zero-order valence-electron chi connectivity index (χ0n) is 10.4. The van der Waals surface area contributed by atoms with Gasteiger partial charge in [-0.05, 0) is 19.1 Å². The van der Waals surface area contributed by atoms with E-state index >= 15 is 0 Å². The number of nitro benzene ring substituents is 1. The maximum Gasteiger partial charge on any atom is 0.270 e. The Hall–Kier alpha value is -2.48. The number of hydrogen-bond acceptors (Lipinski definition) is 6. The number of non-ortho nitro benzene ring substituents is 1. The molecule has 3 N–H and O–H groups in total. The van der Waals surface area contributed by atoms with Crippen LogP contribution in [0.1, 0.15) is 11.3 Å². The number of aryl methyl sites for hydroxylation is 1. The molecule has 1 aromatic carbocycles. The van der Waals surface area contributed by atoms with Crippen LogP contribution in [-0.2, 0) is 0 Å². The minimum absolute atomic E-state index is 0.125. The molecule has 0 aliphatic rings. The standard InChI is InChI=1S/C12H11N3O4S/c1-7-10(4-5-19-7)20-11-3-2-8(15(17)18)6-9(11)12(13)14-16/h2-6,16H,1H3,(H2,13,14). The highest BCUT2D eigenvalue weighted by Crippen LogP contribution is 2.34. The van der Waals surface area contributed by atoms with Crippen molar-refractivity contribution >= 4 is 23.3 Å². The fraction of sp³-hybridized carbons (Fsp3) is 0.0833. The summed E-state index contributed by atoms with van der Waals surface area (Å²) in [6, 6.07) is 5.97. The van der Waals surface area contributed by atoms with Crippen LogP contribution < -0.4 is 5.73 Å². The lowest BCUT2D eigenvalue weighted by Gasteiger charge is -2.07. The van der Waals surface area contributed by atoms with E-state index in [-0.39, 0.29) is 11.5 Å². The lowest BCUT2D eigenvalue weighted by molar-refractivity contribution is -0.384. The second-order valence-electron chi connectivity index (χ2n) is 3.87. The Labute approximate surface area is 118 Å². The summed E-state index contributed by atoms with van der Waals surface area (Å²) in [5.41, 5.74) is 5.75. The molecule has 1 heterocycles. The SMILES string of the molecule is Cc1occc1Sc1ccc([N+](=O)[O-])cc1/C(N)=N/O. The summed E-state index contributed by atoms with van der Waals surface area (Å²) in [5.74, 6) is 0.538. The maximum absolute atomic E-state index is 10.8. The minimum atomic E-state index is -0.536. The number of rotatable bonds is 4. The molecule has 0 unspecified atom stereocenters. The van der Waals surface area contributed by atoms with Gasteiger partial charge in [-0.15, -0.1) is 0 Å². The smallest absolute Gasteiger partial charge is 0.270 e. The normalized spacial score (nSPS) is 11.6. The van der Waals surface area contributed by atoms with Gasteiger partial charge in [0.15, 0.2) is 5.84 Å². The molecule has 0 bridgehead atoms. The Kier molecular flexibility index (Phi) is 3.94. The largest absolute Gasteiger partial charge is 0.468 e. The van der Waals surface area contributed by atoms with Gasteiger partial charge in [0.2, 0.25) is 0 Å². The van der Waals surface area contributed by atoms with Gasteiger partial charge in [0.05, 0.1) is 16.1 Å². The molecule has 0 aliphatic heterocycles. The molecule has 104 valence electrons. The molecular weight excluding hydrogens is 282 g/mol. The Bertz CT molecular complexity index is 681. The zero-order chi connectivity index (χ0) is 14.7. The Morgan fingerprint density at radius 2 is 2.20 bits per heavy atom. The summed E-state index contributed by atoms with van der Waals surface area (Å²) in [7, 11) is 0. The van der Waals surface area contributed by atoms with Gasteiger partial charge in [0.1, 0.15) is 5.76 Å². The molecule has 8 heteroatoms. The van der Waals surface area contributed by atoms with Crippen LogP contribution in [0.5, 0.6) is 0 Å². The summed E-state index contributed by atoms with van der Waals surface area (Å²) < 4.78 is 5.19. The lowest BCUT2D eigenvalue weighted by Crippen LogP contribution is -2.14. The number of benzene rings is 1. The number of furan rings is 1. The first-order chi connectivity index (χ1) is 9.52. The van der Waals surface area contributed by atoms with Gasteiger partial charge >= 0.3 is 0 Å². The van der Waals surface area contributed by atoms with Crippen molar-refractivity contribution in [2.75, 3.05) is 0 Å². The van der Waals surface area contributed by atoms with Crippen molar-refractivity contribution < 1.29 is 14.5 Å². The molecule has 2 rings (SSSR count). The Morgan fingerprint density at radius 3 is 2.75 bits per heavy atom. The van der Waals surface area contributed by atoms with Crippen molar-refractivity contribution in [3.8, 4) is 0 Å². The van der Waals surface area contributed by atoms with E-state index in [2.05, 4.69) is 5.16 Å². The summed E-state index contributed by atoms with van der Waals surface area (Å²) in [5, 5.41) is 22.5. The molecule has 0 spiro atoms. The maximum atomic E-state index is 10.8. The molecule has 0 saturated carbocycles. The minimum Gasteiger partial charge on any atom is -0.468 e. The highest BCUT2D eigenvalue weighted by atomic mass is 32.2. The first kappa shape index (κ1) is 13.9. The zero-order valence-corrected chi connectivity index (χ0v) is 11.3. The second kappa shape index (κ2) is 5.66. The van der Waals surface area contributed by atoms with Crippen LogP contribution in [0.25, 0.3) is 0 Å². The number of amidine groups is 1. The highest BCUT2D eigenvalue weighted by molar-refractivity contribution is 7.99. The van der Waals surface area contributed by atoms with Crippen LogP contribution >= 0.6 is 11.8 Å². The summed E-state index contributed by atoms with van der Waals surface area (Å²) in [4.78, 5) is 11.7. The van der Waals surface area contributed by atoms with E-state index in [1.165, 1.54) is 23.9 Å². The third kappa shape index (κ3) is 2.75. The molecule has 0 fully saturated rings. The second-order valence-corrected chi connectivity index (χ2v) is 4.95. The Morgan fingerprint density at radius 1 is 1.45 bits per heavy atom. The van der Waals surface area contributed by atoms with E-state index < -0.39 is 4.92 Å². The molecule has 20 heavy (non-hydrogen) atoms. The molecular formula is C12H11N3O4S. The molecule has 0 amide bonds. The molecule has 0 aliphatic carbocycles. The van der Waals surface area contributed by atoms with Gasteiger partial charge in [-0.1, -0.05) is 16.9 Å². The van der Waals surface area contributed by atoms with Gasteiger partial charge < -0.3 is 15.4 Å². The monoisotopic (exact) mass is 293 g/mol. The topological polar surface area (TPSA) is 115 Å². The predicted molar refractivity (Wildman–Crippen MR) is 73.2 cm³/mol. The first-order valence-corrected chi connectivity index (χ1v) is 6.33. The van der Waals surface area contributed by atoms with Crippen molar-refractivity contribution in [3.05, 3.63) is 52.0 Å². The predicted octanol–water partition coefficient (Wildman–Crippen LogP) is 2.74. The van der Waals surface area contributed by atoms with E-state index in [9.17, 15) is 10.1 Å². The Balaban J connectivity index is 2.47. The number of nitrogens with two attached hydrogens (primary N) is 1.